The fourth-order valence-corrected chi connectivity index (χ4v) is 6.62. The SMILES string of the molecule is O=C1CC2(CCN(C(=O)C3(c4ccccc4)CCCCC3)CC2)[C@H](c2ccccc2)CN1. The number of benzene rings is 2. The predicted octanol–water partition coefficient (Wildman–Crippen LogP) is 4.80. The standard InChI is InChI=1S/C28H34N2O2/c31-25-20-27(24(21-29-25)22-10-4-1-5-11-22)16-18-30(19-17-27)26(32)28(14-8-3-9-15-28)23-12-6-2-7-13-23/h1-2,4-7,10-13,24H,3,8-9,14-21H2,(H,29,31)/t24-/m0/s1. The number of hydrogen-bond donors (Lipinski definition) is 1. The van der Waals surface area contributed by atoms with Crippen LogP contribution in [0.15, 0.2) is 60.7 Å². The van der Waals surface area contributed by atoms with Gasteiger partial charge in [-0.3, -0.25) is 9.59 Å². The molecule has 3 aliphatic rings. The molecule has 2 amide bonds. The Hall–Kier alpha value is -2.62. The number of carbonyl (C=O) groups excluding carboxylic acids is 2. The van der Waals surface area contributed by atoms with Gasteiger partial charge in [-0.15, -0.1) is 0 Å². The van der Waals surface area contributed by atoms with Crippen molar-refractivity contribution >= 4 is 11.8 Å². The predicted molar refractivity (Wildman–Crippen MR) is 126 cm³/mol. The number of nitrogens with zero attached hydrogens (tertiary/aromatic N) is 1. The van der Waals surface area contributed by atoms with Gasteiger partial charge in [0.1, 0.15) is 0 Å². The van der Waals surface area contributed by atoms with Crippen LogP contribution >= 0.6 is 0 Å². The van der Waals surface area contributed by atoms with Crippen molar-refractivity contribution in [2.45, 2.75) is 62.7 Å². The van der Waals surface area contributed by atoms with Crippen molar-refractivity contribution in [1.29, 1.82) is 0 Å². The summed E-state index contributed by atoms with van der Waals surface area (Å²) in [5.41, 5.74) is 2.07. The Balaban J connectivity index is 1.38. The molecule has 4 heteroatoms. The average molecular weight is 431 g/mol. The summed E-state index contributed by atoms with van der Waals surface area (Å²) in [5, 5.41) is 3.10. The zero-order valence-corrected chi connectivity index (χ0v) is 18.9. The lowest BCUT2D eigenvalue weighted by Crippen LogP contribution is -2.56. The van der Waals surface area contributed by atoms with Crippen molar-refractivity contribution in [1.82, 2.24) is 10.2 Å². The van der Waals surface area contributed by atoms with Crippen LogP contribution in [-0.4, -0.2) is 36.3 Å². The molecule has 0 unspecified atom stereocenters. The quantitative estimate of drug-likeness (QED) is 0.760. The highest BCUT2D eigenvalue weighted by Crippen LogP contribution is 2.50. The van der Waals surface area contributed by atoms with Gasteiger partial charge in [-0.25, -0.2) is 0 Å². The molecule has 1 spiro atoms. The molecule has 2 aliphatic heterocycles. The fourth-order valence-electron chi connectivity index (χ4n) is 6.62. The third-order valence-electron chi connectivity index (χ3n) is 8.45. The van der Waals surface area contributed by atoms with Crippen molar-refractivity contribution in [3.8, 4) is 0 Å². The molecule has 32 heavy (non-hydrogen) atoms. The third kappa shape index (κ3) is 3.74. The summed E-state index contributed by atoms with van der Waals surface area (Å²) in [7, 11) is 0. The number of hydrogen-bond acceptors (Lipinski definition) is 2. The number of rotatable bonds is 3. The minimum Gasteiger partial charge on any atom is -0.355 e. The van der Waals surface area contributed by atoms with Crippen LogP contribution in [0.2, 0.25) is 0 Å². The van der Waals surface area contributed by atoms with E-state index >= 15 is 0 Å². The molecule has 0 radical (unpaired) electrons. The lowest BCUT2D eigenvalue weighted by Gasteiger charge is -2.50. The molecule has 1 N–H and O–H groups in total. The van der Waals surface area contributed by atoms with Crippen molar-refractivity contribution in [2.24, 2.45) is 5.41 Å². The van der Waals surface area contributed by atoms with Crippen LogP contribution in [0.25, 0.3) is 0 Å². The summed E-state index contributed by atoms with van der Waals surface area (Å²) >= 11 is 0. The number of nitrogens with one attached hydrogen (secondary N) is 1. The second-order valence-corrected chi connectivity index (χ2v) is 10.1. The Labute approximate surface area is 191 Å². The number of likely N-dealkylation sites (tertiary alicyclic amines) is 1. The van der Waals surface area contributed by atoms with Crippen LogP contribution in [0.1, 0.15) is 68.4 Å². The van der Waals surface area contributed by atoms with E-state index in [-0.39, 0.29) is 16.7 Å². The van der Waals surface area contributed by atoms with Crippen LogP contribution in [0.3, 0.4) is 0 Å². The first-order valence-electron chi connectivity index (χ1n) is 12.3. The summed E-state index contributed by atoms with van der Waals surface area (Å²) in [6, 6.07) is 21.1. The zero-order chi connectivity index (χ0) is 22.0. The Morgan fingerprint density at radius 3 is 2.12 bits per heavy atom. The summed E-state index contributed by atoms with van der Waals surface area (Å²) in [6.07, 6.45) is 7.73. The van der Waals surface area contributed by atoms with Crippen molar-refractivity contribution in [3.05, 3.63) is 71.8 Å². The van der Waals surface area contributed by atoms with Gasteiger partial charge in [0.05, 0.1) is 5.41 Å². The van der Waals surface area contributed by atoms with Gasteiger partial charge in [0.15, 0.2) is 0 Å². The molecule has 0 aromatic heterocycles. The Bertz CT molecular complexity index is 942. The first-order valence-corrected chi connectivity index (χ1v) is 12.3. The molecule has 0 bridgehead atoms. The molecule has 2 saturated heterocycles. The summed E-state index contributed by atoms with van der Waals surface area (Å²) in [5.74, 6) is 0.788. The summed E-state index contributed by atoms with van der Waals surface area (Å²) in [6.45, 7) is 2.21. The molecule has 1 aliphatic carbocycles. The number of carbonyl (C=O) groups is 2. The second-order valence-electron chi connectivity index (χ2n) is 10.1. The normalized spacial score (nSPS) is 24.7. The van der Waals surface area contributed by atoms with E-state index in [1.165, 1.54) is 17.5 Å². The Morgan fingerprint density at radius 2 is 1.47 bits per heavy atom. The molecule has 168 valence electrons. The van der Waals surface area contributed by atoms with E-state index < -0.39 is 0 Å². The van der Waals surface area contributed by atoms with E-state index in [1.807, 2.05) is 12.1 Å². The fraction of sp³-hybridized carbons (Fsp3) is 0.500. The largest absolute Gasteiger partial charge is 0.355 e. The molecule has 4 nitrogen and oxygen atoms in total. The van der Waals surface area contributed by atoms with Crippen LogP contribution in [0, 0.1) is 5.41 Å². The molecule has 5 rings (SSSR count). The van der Waals surface area contributed by atoms with Crippen molar-refractivity contribution in [2.75, 3.05) is 19.6 Å². The summed E-state index contributed by atoms with van der Waals surface area (Å²) in [4.78, 5) is 28.6. The number of piperidine rings is 2. The van der Waals surface area contributed by atoms with E-state index in [0.717, 1.165) is 51.6 Å². The number of amides is 2. The highest BCUT2D eigenvalue weighted by Gasteiger charge is 2.49. The lowest BCUT2D eigenvalue weighted by molar-refractivity contribution is -0.142. The van der Waals surface area contributed by atoms with Gasteiger partial charge in [-0.05, 0) is 42.2 Å². The molecule has 2 aromatic carbocycles. The summed E-state index contributed by atoms with van der Waals surface area (Å²) < 4.78 is 0. The highest BCUT2D eigenvalue weighted by molar-refractivity contribution is 5.88. The van der Waals surface area contributed by atoms with Gasteiger partial charge >= 0.3 is 0 Å². The zero-order valence-electron chi connectivity index (χ0n) is 18.9. The van der Waals surface area contributed by atoms with Gasteiger partial charge in [0, 0.05) is 32.0 Å². The van der Waals surface area contributed by atoms with E-state index in [1.54, 1.807) is 0 Å². The molecule has 3 fully saturated rings. The Morgan fingerprint density at radius 1 is 0.844 bits per heavy atom. The van der Waals surface area contributed by atoms with Crippen molar-refractivity contribution in [3.63, 3.8) is 0 Å². The van der Waals surface area contributed by atoms with E-state index in [4.69, 9.17) is 0 Å². The first kappa shape index (κ1) is 21.2. The van der Waals surface area contributed by atoms with Crippen LogP contribution in [-0.2, 0) is 15.0 Å². The van der Waals surface area contributed by atoms with Gasteiger partial charge in [0.25, 0.3) is 0 Å². The maximum atomic E-state index is 14.0. The molecular weight excluding hydrogens is 396 g/mol. The monoisotopic (exact) mass is 430 g/mol. The molecule has 2 aromatic rings. The third-order valence-corrected chi connectivity index (χ3v) is 8.45. The average Bonchev–Trinajstić information content (AvgIpc) is 2.86. The molecular formula is C28H34N2O2. The van der Waals surface area contributed by atoms with Gasteiger partial charge in [-0.1, -0.05) is 79.9 Å². The topological polar surface area (TPSA) is 49.4 Å². The van der Waals surface area contributed by atoms with Gasteiger partial charge in [0.2, 0.25) is 11.8 Å². The Kier molecular flexibility index (Phi) is 5.79. The van der Waals surface area contributed by atoms with Crippen LogP contribution in [0.4, 0.5) is 0 Å². The van der Waals surface area contributed by atoms with E-state index in [9.17, 15) is 9.59 Å². The van der Waals surface area contributed by atoms with E-state index in [2.05, 4.69) is 58.7 Å². The minimum atomic E-state index is -0.368. The molecule has 2 heterocycles. The second kappa shape index (κ2) is 8.73. The maximum Gasteiger partial charge on any atom is 0.233 e. The lowest BCUT2D eigenvalue weighted by atomic mass is 9.62. The van der Waals surface area contributed by atoms with E-state index in [0.29, 0.717) is 24.8 Å². The smallest absolute Gasteiger partial charge is 0.233 e. The maximum absolute atomic E-state index is 14.0. The van der Waals surface area contributed by atoms with Gasteiger partial charge in [-0.2, -0.15) is 0 Å². The first-order chi connectivity index (χ1) is 15.6. The molecule has 1 saturated carbocycles. The minimum absolute atomic E-state index is 0.0487. The van der Waals surface area contributed by atoms with Crippen LogP contribution < -0.4 is 5.32 Å². The molecule has 1 atom stereocenters. The van der Waals surface area contributed by atoms with Crippen molar-refractivity contribution < 1.29 is 9.59 Å². The van der Waals surface area contributed by atoms with Gasteiger partial charge < -0.3 is 10.2 Å². The highest BCUT2D eigenvalue weighted by atomic mass is 16.2. The van der Waals surface area contributed by atoms with Crippen LogP contribution in [0.5, 0.6) is 0 Å².